The highest BCUT2D eigenvalue weighted by Crippen LogP contribution is 2.48. The molecule has 0 spiro atoms. The average molecular weight is 334 g/mol. The summed E-state index contributed by atoms with van der Waals surface area (Å²) in [4.78, 5) is 8.27. The van der Waals surface area contributed by atoms with Crippen molar-refractivity contribution in [3.8, 4) is 5.75 Å². The fourth-order valence-corrected chi connectivity index (χ4v) is 5.73. The Balaban J connectivity index is 1.83. The van der Waals surface area contributed by atoms with Gasteiger partial charge in [-0.05, 0) is 47.7 Å². The van der Waals surface area contributed by atoms with Crippen molar-refractivity contribution in [1.82, 2.24) is 4.90 Å². The summed E-state index contributed by atoms with van der Waals surface area (Å²) >= 11 is 5.46. The molecule has 2 aliphatic rings. The Morgan fingerprint density at radius 1 is 1.33 bits per heavy atom. The Labute approximate surface area is 136 Å². The Morgan fingerprint density at radius 3 is 3.05 bits per heavy atom. The van der Waals surface area contributed by atoms with Gasteiger partial charge in [0, 0.05) is 11.2 Å². The third-order valence-corrected chi connectivity index (χ3v) is 6.94. The molecule has 4 rings (SSSR count). The number of fused-ring (bicyclic) bond motifs is 2. The molecule has 3 nitrogen and oxygen atoms in total. The van der Waals surface area contributed by atoms with Crippen molar-refractivity contribution in [2.75, 3.05) is 26.5 Å². The van der Waals surface area contributed by atoms with Gasteiger partial charge < -0.3 is 9.64 Å². The van der Waals surface area contributed by atoms with Gasteiger partial charge in [-0.15, -0.1) is 23.1 Å². The average Bonchev–Trinajstić information content (AvgIpc) is 3.18. The van der Waals surface area contributed by atoms with Crippen molar-refractivity contribution >= 4 is 55.8 Å². The Kier molecular flexibility index (Phi) is 3.40. The molecule has 0 fully saturated rings. The van der Waals surface area contributed by atoms with Crippen molar-refractivity contribution in [3.05, 3.63) is 33.4 Å². The maximum atomic E-state index is 5.32. The van der Waals surface area contributed by atoms with Crippen LogP contribution < -0.4 is 4.74 Å². The fraction of sp³-hybridized carbons (Fsp3) is 0.267. The van der Waals surface area contributed by atoms with Crippen molar-refractivity contribution < 1.29 is 4.74 Å². The maximum absolute atomic E-state index is 5.32. The summed E-state index contributed by atoms with van der Waals surface area (Å²) in [6.07, 6.45) is 2.14. The van der Waals surface area contributed by atoms with Crippen LogP contribution in [0.5, 0.6) is 5.75 Å². The minimum Gasteiger partial charge on any atom is -0.497 e. The molecule has 1 aromatic carbocycles. The number of benzene rings is 1. The first kappa shape index (κ1) is 13.5. The highest BCUT2D eigenvalue weighted by Gasteiger charge is 2.33. The van der Waals surface area contributed by atoms with Crippen LogP contribution in [0.1, 0.15) is 4.88 Å². The number of amidine groups is 1. The fourth-order valence-electron chi connectivity index (χ4n) is 2.60. The van der Waals surface area contributed by atoms with Crippen LogP contribution in [0.4, 0.5) is 0 Å². The number of thiophene rings is 1. The first-order valence-electron chi connectivity index (χ1n) is 6.66. The van der Waals surface area contributed by atoms with E-state index in [9.17, 15) is 0 Å². The van der Waals surface area contributed by atoms with Crippen molar-refractivity contribution in [2.45, 2.75) is 0 Å². The number of methoxy groups -OCH3 is 1. The summed E-state index contributed by atoms with van der Waals surface area (Å²) < 4.78 is 7.98. The van der Waals surface area contributed by atoms with E-state index in [0.29, 0.717) is 0 Å². The molecule has 0 bridgehead atoms. The van der Waals surface area contributed by atoms with Gasteiger partial charge in [-0.25, -0.2) is 0 Å². The predicted molar refractivity (Wildman–Crippen MR) is 95.4 cm³/mol. The Hall–Kier alpha value is -1.11. The van der Waals surface area contributed by atoms with Crippen molar-refractivity contribution in [2.24, 2.45) is 4.99 Å². The van der Waals surface area contributed by atoms with Crippen LogP contribution in [-0.2, 0) is 0 Å². The van der Waals surface area contributed by atoms with E-state index < -0.39 is 0 Å². The lowest BCUT2D eigenvalue weighted by Gasteiger charge is -2.15. The Morgan fingerprint density at radius 2 is 2.24 bits per heavy atom. The monoisotopic (exact) mass is 334 g/mol. The quantitative estimate of drug-likeness (QED) is 0.835. The van der Waals surface area contributed by atoms with E-state index in [2.05, 4.69) is 34.3 Å². The van der Waals surface area contributed by atoms with Crippen LogP contribution in [0, 0.1) is 0 Å². The number of aliphatic imine (C=N–C) groups is 1. The van der Waals surface area contributed by atoms with E-state index in [-0.39, 0.29) is 0 Å². The van der Waals surface area contributed by atoms with E-state index in [0.717, 1.165) is 24.0 Å². The minimum atomic E-state index is 0.909. The standard InChI is InChI=1S/C15H14N2OS3/c1-18-10-3-4-11-9(7-10)8-12(20-11)13-14(19-2)21-15-16-5-6-17(13)15/h3-4,7-8H,5-6H2,1-2H3. The summed E-state index contributed by atoms with van der Waals surface area (Å²) in [6.45, 7) is 1.91. The summed E-state index contributed by atoms with van der Waals surface area (Å²) in [5.74, 6) is 0.912. The first-order valence-corrected chi connectivity index (χ1v) is 9.52. The maximum Gasteiger partial charge on any atom is 0.169 e. The Bertz CT molecular complexity index is 778. The molecule has 0 atom stereocenters. The molecule has 2 aromatic rings. The summed E-state index contributed by atoms with van der Waals surface area (Å²) in [6, 6.07) is 8.55. The van der Waals surface area contributed by atoms with Crippen molar-refractivity contribution in [1.29, 1.82) is 0 Å². The third-order valence-electron chi connectivity index (χ3n) is 3.59. The van der Waals surface area contributed by atoms with Crippen LogP contribution in [0.15, 0.2) is 33.5 Å². The molecule has 1 aromatic heterocycles. The van der Waals surface area contributed by atoms with Gasteiger partial charge in [0.05, 0.1) is 28.5 Å². The van der Waals surface area contributed by atoms with Crippen LogP contribution in [0.3, 0.4) is 0 Å². The SMILES string of the molecule is COc1ccc2sc(C3=C(SC)SC4=NCCN43)cc2c1. The van der Waals surface area contributed by atoms with Gasteiger partial charge in [0.2, 0.25) is 0 Å². The number of nitrogens with zero attached hydrogens (tertiary/aromatic N) is 2. The molecule has 108 valence electrons. The van der Waals surface area contributed by atoms with Gasteiger partial charge in [0.1, 0.15) is 5.75 Å². The van der Waals surface area contributed by atoms with Gasteiger partial charge in [-0.3, -0.25) is 4.99 Å². The molecule has 0 aliphatic carbocycles. The molecule has 3 heterocycles. The molecule has 6 heteroatoms. The number of hydrogen-bond acceptors (Lipinski definition) is 6. The summed E-state index contributed by atoms with van der Waals surface area (Å²) in [7, 11) is 1.71. The van der Waals surface area contributed by atoms with Gasteiger partial charge in [-0.2, -0.15) is 0 Å². The molecule has 0 radical (unpaired) electrons. The molecule has 0 unspecified atom stereocenters. The number of ether oxygens (including phenoxy) is 1. The number of hydrogen-bond donors (Lipinski definition) is 0. The molecule has 0 N–H and O–H groups in total. The highest BCUT2D eigenvalue weighted by atomic mass is 32.2. The molecule has 0 amide bonds. The second kappa shape index (κ2) is 5.26. The van der Waals surface area contributed by atoms with Crippen LogP contribution in [-0.4, -0.2) is 36.5 Å². The lowest BCUT2D eigenvalue weighted by molar-refractivity contribution is 0.415. The van der Waals surface area contributed by atoms with Gasteiger partial charge in [0.15, 0.2) is 5.17 Å². The van der Waals surface area contributed by atoms with Crippen molar-refractivity contribution in [3.63, 3.8) is 0 Å². The van der Waals surface area contributed by atoms with E-state index >= 15 is 0 Å². The topological polar surface area (TPSA) is 24.8 Å². The zero-order valence-electron chi connectivity index (χ0n) is 11.8. The molecule has 0 saturated heterocycles. The summed E-state index contributed by atoms with van der Waals surface area (Å²) in [5, 5.41) is 2.40. The predicted octanol–water partition coefficient (Wildman–Crippen LogP) is 4.32. The first-order chi connectivity index (χ1) is 10.3. The lowest BCUT2D eigenvalue weighted by Crippen LogP contribution is -2.19. The highest BCUT2D eigenvalue weighted by molar-refractivity contribution is 8.30. The molecular formula is C15H14N2OS3. The van der Waals surface area contributed by atoms with Crippen LogP contribution in [0.2, 0.25) is 0 Å². The molecule has 21 heavy (non-hydrogen) atoms. The van der Waals surface area contributed by atoms with Crippen LogP contribution in [0.25, 0.3) is 15.8 Å². The minimum absolute atomic E-state index is 0.909. The smallest absolute Gasteiger partial charge is 0.169 e. The second-order valence-corrected chi connectivity index (χ2v) is 7.91. The number of thioether (sulfide) groups is 2. The van der Waals surface area contributed by atoms with Crippen LogP contribution >= 0.6 is 34.9 Å². The largest absolute Gasteiger partial charge is 0.497 e. The molecule has 0 saturated carbocycles. The van der Waals surface area contributed by atoms with E-state index in [1.165, 1.54) is 24.9 Å². The van der Waals surface area contributed by atoms with E-state index in [1.807, 2.05) is 29.2 Å². The molecule has 2 aliphatic heterocycles. The normalized spacial score (nSPS) is 17.6. The summed E-state index contributed by atoms with van der Waals surface area (Å²) in [5.41, 5.74) is 1.34. The zero-order valence-corrected chi connectivity index (χ0v) is 14.2. The van der Waals surface area contributed by atoms with E-state index in [1.54, 1.807) is 18.9 Å². The number of rotatable bonds is 3. The van der Waals surface area contributed by atoms with Gasteiger partial charge >= 0.3 is 0 Å². The third kappa shape index (κ3) is 2.17. The molecular weight excluding hydrogens is 320 g/mol. The van der Waals surface area contributed by atoms with Gasteiger partial charge in [-0.1, -0.05) is 0 Å². The second-order valence-electron chi connectivity index (χ2n) is 4.77. The van der Waals surface area contributed by atoms with E-state index in [4.69, 9.17) is 4.74 Å². The lowest BCUT2D eigenvalue weighted by atomic mass is 10.2. The van der Waals surface area contributed by atoms with Gasteiger partial charge in [0.25, 0.3) is 0 Å². The zero-order chi connectivity index (χ0) is 14.4.